The van der Waals surface area contributed by atoms with E-state index in [0.29, 0.717) is 28.2 Å². The average molecular weight is 271 g/mol. The van der Waals surface area contributed by atoms with Crippen LogP contribution in [0.3, 0.4) is 0 Å². The van der Waals surface area contributed by atoms with Gasteiger partial charge in [-0.2, -0.15) is 0 Å². The zero-order valence-electron chi connectivity index (χ0n) is 9.55. The van der Waals surface area contributed by atoms with Gasteiger partial charge in [0.05, 0.1) is 0 Å². The molecule has 3 rings (SSSR count). The van der Waals surface area contributed by atoms with Gasteiger partial charge in [0, 0.05) is 33.9 Å². The van der Waals surface area contributed by atoms with Crippen molar-refractivity contribution in [3.63, 3.8) is 0 Å². The topological polar surface area (TPSA) is 24.1 Å². The highest BCUT2D eigenvalue weighted by atomic mass is 35.5. The second-order valence-corrected chi connectivity index (χ2v) is 5.98. The lowest BCUT2D eigenvalue weighted by Gasteiger charge is -2.30. The Bertz CT molecular complexity index is 390. The maximum absolute atomic E-state index is 6.00. The molecule has 2 heterocycles. The molecular formula is C13H16Cl2N2. The lowest BCUT2D eigenvalue weighted by molar-refractivity contribution is 0.378. The number of nitrogens with one attached hydrogen (secondary N) is 2. The molecule has 92 valence electrons. The molecule has 2 nitrogen and oxygen atoms in total. The van der Waals surface area contributed by atoms with Crippen molar-refractivity contribution in [3.05, 3.63) is 28.2 Å². The normalized spacial score (nSPS) is 31.5. The van der Waals surface area contributed by atoms with Crippen LogP contribution in [0.5, 0.6) is 0 Å². The van der Waals surface area contributed by atoms with E-state index in [-0.39, 0.29) is 0 Å². The summed E-state index contributed by atoms with van der Waals surface area (Å²) >= 11 is 12.0. The molecule has 0 aliphatic carbocycles. The van der Waals surface area contributed by atoms with Gasteiger partial charge in [-0.05, 0) is 43.9 Å². The Hall–Kier alpha value is -0.440. The molecule has 2 atom stereocenters. The lowest BCUT2D eigenvalue weighted by atomic mass is 9.99. The summed E-state index contributed by atoms with van der Waals surface area (Å²) in [6, 6.07) is 7.58. The third-order valence-corrected chi connectivity index (χ3v) is 4.14. The number of rotatable bonds is 2. The minimum Gasteiger partial charge on any atom is -0.382 e. The number of piperidine rings is 1. The van der Waals surface area contributed by atoms with Gasteiger partial charge in [0.25, 0.3) is 0 Å². The SMILES string of the molecule is Clc1cc(Cl)cc(NC2CC3CCC(C2)N3)c1. The third kappa shape index (κ3) is 2.70. The Balaban J connectivity index is 1.70. The molecule has 2 aliphatic rings. The first-order valence-corrected chi connectivity index (χ1v) is 6.93. The Morgan fingerprint density at radius 1 is 1.00 bits per heavy atom. The van der Waals surface area contributed by atoms with Crippen LogP contribution in [0.15, 0.2) is 18.2 Å². The largest absolute Gasteiger partial charge is 0.382 e. The van der Waals surface area contributed by atoms with Crippen LogP contribution in [0, 0.1) is 0 Å². The van der Waals surface area contributed by atoms with E-state index in [1.165, 1.54) is 25.7 Å². The van der Waals surface area contributed by atoms with E-state index in [2.05, 4.69) is 10.6 Å². The van der Waals surface area contributed by atoms with Gasteiger partial charge in [-0.3, -0.25) is 0 Å². The molecule has 2 fully saturated rings. The van der Waals surface area contributed by atoms with E-state index < -0.39 is 0 Å². The second-order valence-electron chi connectivity index (χ2n) is 5.11. The van der Waals surface area contributed by atoms with Crippen LogP contribution in [-0.2, 0) is 0 Å². The van der Waals surface area contributed by atoms with Crippen molar-refractivity contribution in [2.24, 2.45) is 0 Å². The minimum atomic E-state index is 0.545. The molecule has 4 heteroatoms. The number of hydrogen-bond acceptors (Lipinski definition) is 2. The van der Waals surface area contributed by atoms with Crippen LogP contribution in [-0.4, -0.2) is 18.1 Å². The predicted molar refractivity (Wildman–Crippen MR) is 73.1 cm³/mol. The Kier molecular flexibility index (Phi) is 3.20. The minimum absolute atomic E-state index is 0.545. The van der Waals surface area contributed by atoms with E-state index in [9.17, 15) is 0 Å². The Morgan fingerprint density at radius 3 is 2.18 bits per heavy atom. The molecule has 17 heavy (non-hydrogen) atoms. The van der Waals surface area contributed by atoms with E-state index >= 15 is 0 Å². The van der Waals surface area contributed by atoms with Crippen molar-refractivity contribution in [2.45, 2.75) is 43.8 Å². The fourth-order valence-corrected chi connectivity index (χ4v) is 3.57. The summed E-state index contributed by atoms with van der Waals surface area (Å²) in [5, 5.41) is 8.57. The first kappa shape index (κ1) is 11.6. The van der Waals surface area contributed by atoms with Crippen molar-refractivity contribution >= 4 is 28.9 Å². The summed E-state index contributed by atoms with van der Waals surface area (Å²) in [5.74, 6) is 0. The van der Waals surface area contributed by atoms with Gasteiger partial charge in [0.1, 0.15) is 0 Å². The van der Waals surface area contributed by atoms with Gasteiger partial charge in [-0.15, -0.1) is 0 Å². The number of halogens is 2. The predicted octanol–water partition coefficient (Wildman–Crippen LogP) is 3.69. The molecule has 0 amide bonds. The molecule has 0 spiro atoms. The zero-order valence-corrected chi connectivity index (χ0v) is 11.1. The van der Waals surface area contributed by atoms with Crippen LogP contribution >= 0.6 is 23.2 Å². The molecule has 1 aromatic carbocycles. The first-order chi connectivity index (χ1) is 8.19. The molecule has 0 radical (unpaired) electrons. The molecule has 2 bridgehead atoms. The molecule has 2 unspecified atom stereocenters. The van der Waals surface area contributed by atoms with Gasteiger partial charge in [0.2, 0.25) is 0 Å². The highest BCUT2D eigenvalue weighted by molar-refractivity contribution is 6.35. The standard InChI is InChI=1S/C13H16Cl2N2/c14-8-3-9(15)5-12(4-8)17-13-6-10-1-2-11(7-13)16-10/h3-5,10-11,13,16-17H,1-2,6-7H2. The maximum Gasteiger partial charge on any atom is 0.0441 e. The van der Waals surface area contributed by atoms with Crippen LogP contribution in [0.25, 0.3) is 0 Å². The number of anilines is 1. The molecule has 1 aromatic rings. The highest BCUT2D eigenvalue weighted by Gasteiger charge is 2.33. The van der Waals surface area contributed by atoms with Crippen LogP contribution in [0.2, 0.25) is 10.0 Å². The fourth-order valence-electron chi connectivity index (χ4n) is 3.05. The monoisotopic (exact) mass is 270 g/mol. The van der Waals surface area contributed by atoms with E-state index in [1.54, 1.807) is 6.07 Å². The third-order valence-electron chi connectivity index (χ3n) is 3.71. The van der Waals surface area contributed by atoms with Crippen LogP contribution in [0.4, 0.5) is 5.69 Å². The zero-order chi connectivity index (χ0) is 11.8. The average Bonchev–Trinajstić information content (AvgIpc) is 2.56. The van der Waals surface area contributed by atoms with E-state index in [4.69, 9.17) is 23.2 Å². The van der Waals surface area contributed by atoms with Crippen molar-refractivity contribution in [1.82, 2.24) is 5.32 Å². The van der Waals surface area contributed by atoms with Gasteiger partial charge < -0.3 is 10.6 Å². The Morgan fingerprint density at radius 2 is 1.59 bits per heavy atom. The van der Waals surface area contributed by atoms with Crippen molar-refractivity contribution in [2.75, 3.05) is 5.32 Å². The Labute approximate surface area is 112 Å². The van der Waals surface area contributed by atoms with Crippen molar-refractivity contribution in [3.8, 4) is 0 Å². The number of fused-ring (bicyclic) bond motifs is 2. The summed E-state index contributed by atoms with van der Waals surface area (Å²) in [6.07, 6.45) is 5.03. The molecule has 2 saturated heterocycles. The molecular weight excluding hydrogens is 255 g/mol. The summed E-state index contributed by atoms with van der Waals surface area (Å²) in [6.45, 7) is 0. The maximum atomic E-state index is 6.00. The van der Waals surface area contributed by atoms with Gasteiger partial charge in [-0.25, -0.2) is 0 Å². The molecule has 0 saturated carbocycles. The number of benzene rings is 1. The summed E-state index contributed by atoms with van der Waals surface area (Å²) in [4.78, 5) is 0. The van der Waals surface area contributed by atoms with Gasteiger partial charge in [0.15, 0.2) is 0 Å². The quantitative estimate of drug-likeness (QED) is 0.857. The number of hydrogen-bond donors (Lipinski definition) is 2. The summed E-state index contributed by atoms with van der Waals surface area (Å²) in [7, 11) is 0. The second kappa shape index (κ2) is 4.68. The summed E-state index contributed by atoms with van der Waals surface area (Å²) in [5.41, 5.74) is 1.04. The van der Waals surface area contributed by atoms with Crippen molar-refractivity contribution < 1.29 is 0 Å². The fraction of sp³-hybridized carbons (Fsp3) is 0.538. The first-order valence-electron chi connectivity index (χ1n) is 6.18. The van der Waals surface area contributed by atoms with E-state index in [1.807, 2.05) is 12.1 Å². The lowest BCUT2D eigenvalue weighted by Crippen LogP contribution is -2.43. The summed E-state index contributed by atoms with van der Waals surface area (Å²) < 4.78 is 0. The van der Waals surface area contributed by atoms with E-state index in [0.717, 1.165) is 5.69 Å². The van der Waals surface area contributed by atoms with Gasteiger partial charge >= 0.3 is 0 Å². The van der Waals surface area contributed by atoms with Crippen LogP contribution < -0.4 is 10.6 Å². The smallest absolute Gasteiger partial charge is 0.0441 e. The highest BCUT2D eigenvalue weighted by Crippen LogP contribution is 2.30. The van der Waals surface area contributed by atoms with Crippen LogP contribution in [0.1, 0.15) is 25.7 Å². The molecule has 2 N–H and O–H groups in total. The van der Waals surface area contributed by atoms with Gasteiger partial charge in [-0.1, -0.05) is 23.2 Å². The van der Waals surface area contributed by atoms with Crippen molar-refractivity contribution in [1.29, 1.82) is 0 Å². The molecule has 0 aromatic heterocycles. The molecule has 2 aliphatic heterocycles.